The Morgan fingerprint density at radius 2 is 1.85 bits per heavy atom. The fraction of sp³-hybridized carbons (Fsp3) is 0.154. The molecule has 0 radical (unpaired) electrons. The summed E-state index contributed by atoms with van der Waals surface area (Å²) in [7, 11) is 0. The fourth-order valence-corrected chi connectivity index (χ4v) is 4.46. The summed E-state index contributed by atoms with van der Waals surface area (Å²) in [6, 6.07) is 21.7. The van der Waals surface area contributed by atoms with E-state index in [1.165, 1.54) is 6.07 Å². The number of halogens is 1. The van der Waals surface area contributed by atoms with Crippen molar-refractivity contribution in [2.75, 3.05) is 6.54 Å². The van der Waals surface area contributed by atoms with Crippen LogP contribution >= 0.6 is 11.6 Å². The van der Waals surface area contributed by atoms with Crippen LogP contribution in [0.1, 0.15) is 41.0 Å². The zero-order valence-corrected chi connectivity index (χ0v) is 18.7. The number of rotatable bonds is 6. The number of hydrogen-bond donors (Lipinski definition) is 2. The number of amides is 1. The van der Waals surface area contributed by atoms with Crippen molar-refractivity contribution in [1.82, 2.24) is 15.1 Å². The average molecular weight is 460 g/mol. The second-order valence-corrected chi connectivity index (χ2v) is 8.35. The summed E-state index contributed by atoms with van der Waals surface area (Å²) < 4.78 is 6.04. The SMILES string of the molecule is CCCN1C(=O)c2[nH]nc(-c3cc(Cl)ccc3O)c2C1c1cccc(Oc2ccccc2)c1. The highest BCUT2D eigenvalue weighted by Gasteiger charge is 2.42. The largest absolute Gasteiger partial charge is 0.507 e. The van der Waals surface area contributed by atoms with Gasteiger partial charge in [-0.2, -0.15) is 5.10 Å². The van der Waals surface area contributed by atoms with Gasteiger partial charge >= 0.3 is 0 Å². The van der Waals surface area contributed by atoms with Gasteiger partial charge in [-0.05, 0) is 54.4 Å². The number of carbonyl (C=O) groups is 1. The molecule has 4 aromatic rings. The quantitative estimate of drug-likeness (QED) is 0.360. The van der Waals surface area contributed by atoms with Crippen LogP contribution in [0.3, 0.4) is 0 Å². The highest BCUT2D eigenvalue weighted by molar-refractivity contribution is 6.31. The Balaban J connectivity index is 1.62. The van der Waals surface area contributed by atoms with E-state index in [-0.39, 0.29) is 17.7 Å². The molecule has 7 heteroatoms. The molecule has 1 unspecified atom stereocenters. The summed E-state index contributed by atoms with van der Waals surface area (Å²) in [5, 5.41) is 18.3. The first-order chi connectivity index (χ1) is 16.1. The molecule has 166 valence electrons. The molecule has 1 aromatic heterocycles. The van der Waals surface area contributed by atoms with E-state index in [1.807, 2.05) is 66.4 Å². The van der Waals surface area contributed by atoms with Gasteiger partial charge in [-0.15, -0.1) is 0 Å². The summed E-state index contributed by atoms with van der Waals surface area (Å²) in [5.41, 5.74) is 3.04. The van der Waals surface area contributed by atoms with Crippen molar-refractivity contribution >= 4 is 17.5 Å². The standard InChI is InChI=1S/C26H22ClN3O3/c1-2-13-30-25(16-7-6-10-19(14-16)33-18-8-4-3-5-9-18)22-23(28-29-24(22)26(30)32)20-15-17(27)11-12-21(20)31/h3-12,14-15,25,31H,2,13H2,1H3,(H,28,29). The van der Waals surface area contributed by atoms with Gasteiger partial charge in [0.1, 0.15) is 28.6 Å². The summed E-state index contributed by atoms with van der Waals surface area (Å²) in [6.07, 6.45) is 0.803. The number of aromatic amines is 1. The van der Waals surface area contributed by atoms with Crippen molar-refractivity contribution in [3.05, 3.63) is 94.6 Å². The molecule has 33 heavy (non-hydrogen) atoms. The third-order valence-electron chi connectivity index (χ3n) is 5.69. The lowest BCUT2D eigenvalue weighted by atomic mass is 9.95. The minimum atomic E-state index is -0.376. The lowest BCUT2D eigenvalue weighted by Crippen LogP contribution is -2.30. The van der Waals surface area contributed by atoms with Gasteiger partial charge in [0.2, 0.25) is 0 Å². The molecule has 0 fully saturated rings. The molecule has 2 N–H and O–H groups in total. The minimum absolute atomic E-state index is 0.0509. The monoisotopic (exact) mass is 459 g/mol. The van der Waals surface area contributed by atoms with Gasteiger partial charge < -0.3 is 14.7 Å². The Kier molecular flexibility index (Phi) is 5.52. The number of nitrogens with zero attached hydrogens (tertiary/aromatic N) is 2. The van der Waals surface area contributed by atoms with Crippen LogP contribution in [-0.4, -0.2) is 32.7 Å². The van der Waals surface area contributed by atoms with Gasteiger partial charge in [0, 0.05) is 22.7 Å². The first kappa shape index (κ1) is 21.1. The Morgan fingerprint density at radius 3 is 2.64 bits per heavy atom. The van der Waals surface area contributed by atoms with Crippen LogP contribution in [0.2, 0.25) is 5.02 Å². The van der Waals surface area contributed by atoms with E-state index in [4.69, 9.17) is 16.3 Å². The van der Waals surface area contributed by atoms with E-state index in [0.29, 0.717) is 34.3 Å². The lowest BCUT2D eigenvalue weighted by Gasteiger charge is -2.26. The third-order valence-corrected chi connectivity index (χ3v) is 5.93. The summed E-state index contributed by atoms with van der Waals surface area (Å²) in [6.45, 7) is 2.62. The normalized spacial score (nSPS) is 15.0. The minimum Gasteiger partial charge on any atom is -0.507 e. The molecule has 0 saturated heterocycles. The second-order valence-electron chi connectivity index (χ2n) is 7.91. The van der Waals surface area contributed by atoms with E-state index in [9.17, 15) is 9.90 Å². The molecule has 1 aliphatic rings. The zero-order valence-electron chi connectivity index (χ0n) is 18.0. The predicted octanol–water partition coefficient (Wildman–Crippen LogP) is 6.18. The third kappa shape index (κ3) is 3.83. The van der Waals surface area contributed by atoms with Crippen molar-refractivity contribution < 1.29 is 14.6 Å². The Bertz CT molecular complexity index is 1320. The van der Waals surface area contributed by atoms with E-state index >= 15 is 0 Å². The number of nitrogens with one attached hydrogen (secondary N) is 1. The first-order valence-corrected chi connectivity index (χ1v) is 11.2. The zero-order chi connectivity index (χ0) is 22.9. The molecular weight excluding hydrogens is 438 g/mol. The molecule has 0 bridgehead atoms. The summed E-state index contributed by atoms with van der Waals surface area (Å²) in [5.74, 6) is 1.34. The molecule has 1 aliphatic heterocycles. The molecule has 1 amide bonds. The number of ether oxygens (including phenoxy) is 1. The van der Waals surface area contributed by atoms with E-state index in [2.05, 4.69) is 10.2 Å². The van der Waals surface area contributed by atoms with Crippen molar-refractivity contribution in [1.29, 1.82) is 0 Å². The van der Waals surface area contributed by atoms with Gasteiger partial charge in [-0.1, -0.05) is 48.9 Å². The molecule has 1 atom stereocenters. The van der Waals surface area contributed by atoms with Crippen LogP contribution in [0, 0.1) is 0 Å². The Hall–Kier alpha value is -3.77. The van der Waals surface area contributed by atoms with Crippen LogP contribution in [0.4, 0.5) is 0 Å². The van der Waals surface area contributed by atoms with Crippen molar-refractivity contribution in [3.63, 3.8) is 0 Å². The maximum atomic E-state index is 13.3. The molecule has 6 nitrogen and oxygen atoms in total. The van der Waals surface area contributed by atoms with Crippen LogP contribution in [-0.2, 0) is 0 Å². The van der Waals surface area contributed by atoms with E-state index < -0.39 is 0 Å². The topological polar surface area (TPSA) is 78.5 Å². The predicted molar refractivity (Wildman–Crippen MR) is 127 cm³/mol. The van der Waals surface area contributed by atoms with Crippen molar-refractivity contribution in [2.45, 2.75) is 19.4 Å². The number of fused-ring (bicyclic) bond motifs is 1. The van der Waals surface area contributed by atoms with E-state index in [0.717, 1.165) is 23.3 Å². The number of carbonyl (C=O) groups excluding carboxylic acids is 1. The number of H-pyrrole nitrogens is 1. The molecule has 0 spiro atoms. The molecule has 5 rings (SSSR count). The first-order valence-electron chi connectivity index (χ1n) is 10.8. The number of aromatic nitrogens is 2. The van der Waals surface area contributed by atoms with Gasteiger partial charge in [-0.3, -0.25) is 9.89 Å². The second kappa shape index (κ2) is 8.64. The summed E-state index contributed by atoms with van der Waals surface area (Å²) in [4.78, 5) is 15.1. The van der Waals surface area contributed by atoms with Gasteiger partial charge in [0.05, 0.1) is 6.04 Å². The number of hydrogen-bond acceptors (Lipinski definition) is 4. The number of aromatic hydroxyl groups is 1. The molecule has 0 aliphatic carbocycles. The molecular formula is C26H22ClN3O3. The average Bonchev–Trinajstić information content (AvgIpc) is 3.36. The van der Waals surface area contributed by atoms with Crippen molar-refractivity contribution in [3.8, 4) is 28.5 Å². The lowest BCUT2D eigenvalue weighted by molar-refractivity contribution is 0.0744. The molecule has 0 saturated carbocycles. The smallest absolute Gasteiger partial charge is 0.273 e. The van der Waals surface area contributed by atoms with Crippen LogP contribution in [0.25, 0.3) is 11.3 Å². The number of phenolic OH excluding ortho intramolecular Hbond substituents is 1. The maximum Gasteiger partial charge on any atom is 0.273 e. The van der Waals surface area contributed by atoms with Crippen molar-refractivity contribution in [2.24, 2.45) is 0 Å². The molecule has 3 aromatic carbocycles. The van der Waals surface area contributed by atoms with Crippen LogP contribution in [0.5, 0.6) is 17.2 Å². The van der Waals surface area contributed by atoms with E-state index in [1.54, 1.807) is 12.1 Å². The molecule has 2 heterocycles. The number of phenols is 1. The highest BCUT2D eigenvalue weighted by Crippen LogP contribution is 2.45. The Morgan fingerprint density at radius 1 is 1.06 bits per heavy atom. The maximum absolute atomic E-state index is 13.3. The van der Waals surface area contributed by atoms with Gasteiger partial charge in [0.15, 0.2) is 0 Å². The highest BCUT2D eigenvalue weighted by atomic mass is 35.5. The van der Waals surface area contributed by atoms with Gasteiger partial charge in [-0.25, -0.2) is 0 Å². The van der Waals surface area contributed by atoms with Crippen LogP contribution < -0.4 is 4.74 Å². The van der Waals surface area contributed by atoms with Crippen LogP contribution in [0.15, 0.2) is 72.8 Å². The summed E-state index contributed by atoms with van der Waals surface area (Å²) >= 11 is 6.20. The number of benzene rings is 3. The van der Waals surface area contributed by atoms with Gasteiger partial charge in [0.25, 0.3) is 5.91 Å². The fourth-order valence-electron chi connectivity index (χ4n) is 4.29. The number of para-hydroxylation sites is 1. The Labute approximate surface area is 196 Å².